The molecule has 1 rings (SSSR count). The van der Waals surface area contributed by atoms with Crippen molar-refractivity contribution in [1.29, 1.82) is 0 Å². The number of hydrogen-bond donors (Lipinski definition) is 2. The molecule has 0 fully saturated rings. The van der Waals surface area contributed by atoms with Crippen LogP contribution in [0, 0.1) is 11.8 Å². The Hall–Kier alpha value is -0.710. The van der Waals surface area contributed by atoms with Crippen molar-refractivity contribution < 1.29 is 4.79 Å². The Morgan fingerprint density at radius 2 is 2.18 bits per heavy atom. The molecule has 0 aromatic carbocycles. The molecular formula is C12H23N3OS. The van der Waals surface area contributed by atoms with Crippen molar-refractivity contribution in [2.45, 2.75) is 26.8 Å². The molecule has 1 heterocycles. The van der Waals surface area contributed by atoms with E-state index in [1.807, 2.05) is 18.9 Å². The van der Waals surface area contributed by atoms with E-state index in [2.05, 4.69) is 36.8 Å². The summed E-state index contributed by atoms with van der Waals surface area (Å²) in [5, 5.41) is 3.27. The molecule has 0 bridgehead atoms. The van der Waals surface area contributed by atoms with Crippen LogP contribution in [-0.4, -0.2) is 48.6 Å². The largest absolute Gasteiger partial charge is 0.346 e. The second-order valence-electron chi connectivity index (χ2n) is 4.98. The van der Waals surface area contributed by atoms with Crippen LogP contribution in [0.1, 0.15) is 20.8 Å². The molecular weight excluding hydrogens is 234 g/mol. The minimum absolute atomic E-state index is 0.0226. The molecule has 0 saturated heterocycles. The SMILES string of the molecule is CC(CS)C(=O)[C@@H](NC1=NCCN1C)C(C)C. The molecule has 4 nitrogen and oxygen atoms in total. The molecule has 0 aliphatic carbocycles. The molecule has 2 atom stereocenters. The Morgan fingerprint density at radius 1 is 1.53 bits per heavy atom. The number of guanidine groups is 1. The van der Waals surface area contributed by atoms with Crippen molar-refractivity contribution in [2.75, 3.05) is 25.9 Å². The van der Waals surface area contributed by atoms with E-state index >= 15 is 0 Å². The van der Waals surface area contributed by atoms with E-state index in [1.54, 1.807) is 0 Å². The first kappa shape index (κ1) is 14.4. The first-order valence-corrected chi connectivity index (χ1v) is 6.77. The Morgan fingerprint density at radius 3 is 2.59 bits per heavy atom. The first-order chi connectivity index (χ1) is 7.97. The average Bonchev–Trinajstić information content (AvgIpc) is 2.69. The molecule has 1 aliphatic rings. The lowest BCUT2D eigenvalue weighted by Gasteiger charge is -2.26. The second-order valence-corrected chi connectivity index (χ2v) is 5.34. The molecule has 17 heavy (non-hydrogen) atoms. The standard InChI is InChI=1S/C12H23N3OS/c1-8(2)10(11(16)9(3)7-17)14-12-13-5-6-15(12)4/h8-10,17H,5-7H2,1-4H3,(H,13,14)/t9?,10-/m0/s1. The summed E-state index contributed by atoms with van der Waals surface area (Å²) < 4.78 is 0. The number of hydrogen-bond acceptors (Lipinski definition) is 5. The molecule has 0 aromatic heterocycles. The van der Waals surface area contributed by atoms with Crippen molar-refractivity contribution in [2.24, 2.45) is 16.8 Å². The zero-order valence-corrected chi connectivity index (χ0v) is 12.0. The van der Waals surface area contributed by atoms with Gasteiger partial charge in [0.05, 0.1) is 12.6 Å². The second kappa shape index (κ2) is 6.28. The third-order valence-electron chi connectivity index (χ3n) is 3.08. The Balaban J connectivity index is 2.70. The number of carbonyl (C=O) groups excluding carboxylic acids is 1. The molecule has 98 valence electrons. The highest BCUT2D eigenvalue weighted by Crippen LogP contribution is 2.12. The van der Waals surface area contributed by atoms with E-state index in [1.165, 1.54) is 0 Å². The van der Waals surface area contributed by atoms with Gasteiger partial charge in [-0.05, 0) is 11.7 Å². The van der Waals surface area contributed by atoms with E-state index in [9.17, 15) is 4.79 Å². The summed E-state index contributed by atoms with van der Waals surface area (Å²) in [7, 11) is 1.99. The van der Waals surface area contributed by atoms with Gasteiger partial charge in [-0.3, -0.25) is 9.79 Å². The molecule has 0 amide bonds. The summed E-state index contributed by atoms with van der Waals surface area (Å²) in [5.41, 5.74) is 0. The lowest BCUT2D eigenvalue weighted by atomic mass is 9.93. The van der Waals surface area contributed by atoms with Gasteiger partial charge in [-0.1, -0.05) is 20.8 Å². The number of nitrogens with one attached hydrogen (secondary N) is 1. The fourth-order valence-corrected chi connectivity index (χ4v) is 1.97. The van der Waals surface area contributed by atoms with Crippen molar-refractivity contribution in [3.05, 3.63) is 0 Å². The van der Waals surface area contributed by atoms with Crippen molar-refractivity contribution >= 4 is 24.4 Å². The molecule has 0 radical (unpaired) electrons. The molecule has 5 heteroatoms. The summed E-state index contributed by atoms with van der Waals surface area (Å²) in [6.07, 6.45) is 0. The van der Waals surface area contributed by atoms with Crippen LogP contribution >= 0.6 is 12.6 Å². The van der Waals surface area contributed by atoms with Gasteiger partial charge in [-0.25, -0.2) is 0 Å². The third kappa shape index (κ3) is 3.63. The maximum atomic E-state index is 12.2. The molecule has 0 spiro atoms. The molecule has 1 unspecified atom stereocenters. The van der Waals surface area contributed by atoms with Gasteiger partial charge in [0.1, 0.15) is 0 Å². The van der Waals surface area contributed by atoms with Gasteiger partial charge in [0.15, 0.2) is 11.7 Å². The van der Waals surface area contributed by atoms with E-state index in [-0.39, 0.29) is 23.7 Å². The lowest BCUT2D eigenvalue weighted by Crippen LogP contribution is -2.50. The number of nitrogens with zero attached hydrogens (tertiary/aromatic N) is 2. The van der Waals surface area contributed by atoms with Crippen LogP contribution in [-0.2, 0) is 4.79 Å². The summed E-state index contributed by atoms with van der Waals surface area (Å²) in [6, 6.07) is -0.170. The van der Waals surface area contributed by atoms with E-state index in [4.69, 9.17) is 0 Å². The smallest absolute Gasteiger partial charge is 0.194 e. The number of thiol groups is 1. The topological polar surface area (TPSA) is 44.7 Å². The number of aliphatic imine (C=N–C) groups is 1. The molecule has 0 aromatic rings. The number of Topliss-reactive ketones (excluding diaryl/α,β-unsaturated/α-hetero) is 1. The van der Waals surface area contributed by atoms with Crippen LogP contribution in [0.4, 0.5) is 0 Å². The zero-order chi connectivity index (χ0) is 13.0. The van der Waals surface area contributed by atoms with E-state index < -0.39 is 0 Å². The Bertz CT molecular complexity index is 304. The zero-order valence-electron chi connectivity index (χ0n) is 11.1. The van der Waals surface area contributed by atoms with Gasteiger partial charge < -0.3 is 10.2 Å². The predicted molar refractivity (Wildman–Crippen MR) is 74.7 cm³/mol. The Labute approximate surface area is 109 Å². The van der Waals surface area contributed by atoms with Crippen LogP contribution in [0.3, 0.4) is 0 Å². The number of carbonyl (C=O) groups is 1. The highest BCUT2D eigenvalue weighted by molar-refractivity contribution is 7.80. The van der Waals surface area contributed by atoms with Crippen molar-refractivity contribution in [1.82, 2.24) is 10.2 Å². The van der Waals surface area contributed by atoms with Gasteiger partial charge >= 0.3 is 0 Å². The Kier molecular flexibility index (Phi) is 5.31. The lowest BCUT2D eigenvalue weighted by molar-refractivity contribution is -0.124. The van der Waals surface area contributed by atoms with Gasteiger partial charge in [-0.2, -0.15) is 12.6 Å². The monoisotopic (exact) mass is 257 g/mol. The van der Waals surface area contributed by atoms with Crippen LogP contribution in [0.2, 0.25) is 0 Å². The number of ketones is 1. The molecule has 0 saturated carbocycles. The fourth-order valence-electron chi connectivity index (χ4n) is 1.79. The third-order valence-corrected chi connectivity index (χ3v) is 3.62. The van der Waals surface area contributed by atoms with Crippen LogP contribution in [0.25, 0.3) is 0 Å². The minimum atomic E-state index is -0.170. The van der Waals surface area contributed by atoms with Crippen LogP contribution < -0.4 is 5.32 Å². The highest BCUT2D eigenvalue weighted by Gasteiger charge is 2.28. The van der Waals surface area contributed by atoms with Crippen molar-refractivity contribution in [3.8, 4) is 0 Å². The summed E-state index contributed by atoms with van der Waals surface area (Å²) in [4.78, 5) is 18.6. The van der Waals surface area contributed by atoms with E-state index in [0.717, 1.165) is 19.0 Å². The number of rotatable bonds is 5. The molecule has 1 aliphatic heterocycles. The van der Waals surface area contributed by atoms with Crippen molar-refractivity contribution in [3.63, 3.8) is 0 Å². The first-order valence-electron chi connectivity index (χ1n) is 6.14. The minimum Gasteiger partial charge on any atom is -0.346 e. The molecule has 1 N–H and O–H groups in total. The van der Waals surface area contributed by atoms with Gasteiger partial charge in [-0.15, -0.1) is 0 Å². The maximum Gasteiger partial charge on any atom is 0.194 e. The van der Waals surface area contributed by atoms with Crippen LogP contribution in [0.5, 0.6) is 0 Å². The van der Waals surface area contributed by atoms with Gasteiger partial charge in [0.2, 0.25) is 0 Å². The fraction of sp³-hybridized carbons (Fsp3) is 0.833. The summed E-state index contributed by atoms with van der Waals surface area (Å²) >= 11 is 4.20. The highest BCUT2D eigenvalue weighted by atomic mass is 32.1. The van der Waals surface area contributed by atoms with Gasteiger partial charge in [0.25, 0.3) is 0 Å². The van der Waals surface area contributed by atoms with Crippen LogP contribution in [0.15, 0.2) is 4.99 Å². The average molecular weight is 257 g/mol. The summed E-state index contributed by atoms with van der Waals surface area (Å²) in [6.45, 7) is 7.75. The quantitative estimate of drug-likeness (QED) is 0.723. The van der Waals surface area contributed by atoms with E-state index in [0.29, 0.717) is 5.75 Å². The number of likely N-dealkylation sites (N-methyl/N-ethyl adjacent to an activating group) is 1. The predicted octanol–water partition coefficient (Wildman–Crippen LogP) is 1.04. The normalized spacial score (nSPS) is 19.2. The summed E-state index contributed by atoms with van der Waals surface area (Å²) in [5.74, 6) is 1.87. The maximum absolute atomic E-state index is 12.2. The van der Waals surface area contributed by atoms with Gasteiger partial charge in [0, 0.05) is 19.5 Å².